The van der Waals surface area contributed by atoms with Crippen LogP contribution >= 0.6 is 11.6 Å². The number of carbonyl (C=O) groups is 1. The minimum Gasteiger partial charge on any atom is -0.376 e. The average molecular weight is 424 g/mol. The fourth-order valence-electron chi connectivity index (χ4n) is 2.76. The van der Waals surface area contributed by atoms with Gasteiger partial charge in [-0.05, 0) is 36.2 Å². The minimum atomic E-state index is -3.68. The maximum Gasteiger partial charge on any atom is 0.244 e. The Bertz CT molecular complexity index is 928. The molecule has 0 aliphatic rings. The van der Waals surface area contributed by atoms with E-state index >= 15 is 0 Å². The molecule has 2 aromatic rings. The number of rotatable bonds is 9. The Kier molecular flexibility index (Phi) is 7.86. The third-order valence-corrected chi connectivity index (χ3v) is 6.98. The van der Waals surface area contributed by atoms with Gasteiger partial charge in [0.1, 0.15) is 4.90 Å². The Hall–Kier alpha value is -2.09. The number of nitrogens with one attached hydrogen (secondary N) is 2. The van der Waals surface area contributed by atoms with Crippen LogP contribution in [0.3, 0.4) is 0 Å². The molecular weight excluding hydrogens is 398 g/mol. The molecule has 0 atom stereocenters. The van der Waals surface area contributed by atoms with Gasteiger partial charge in [-0.1, -0.05) is 49.7 Å². The van der Waals surface area contributed by atoms with Crippen molar-refractivity contribution in [2.75, 3.05) is 25.0 Å². The van der Waals surface area contributed by atoms with E-state index < -0.39 is 10.0 Å². The van der Waals surface area contributed by atoms with Crippen molar-refractivity contribution in [2.24, 2.45) is 0 Å². The lowest BCUT2D eigenvalue weighted by Gasteiger charge is -2.20. The molecule has 0 unspecified atom stereocenters. The van der Waals surface area contributed by atoms with Crippen LogP contribution in [-0.4, -0.2) is 38.3 Å². The minimum absolute atomic E-state index is 0.0261. The van der Waals surface area contributed by atoms with Gasteiger partial charge >= 0.3 is 0 Å². The number of anilines is 1. The highest BCUT2D eigenvalue weighted by Gasteiger charge is 2.24. The van der Waals surface area contributed by atoms with Crippen molar-refractivity contribution >= 4 is 33.2 Å². The third kappa shape index (κ3) is 5.47. The van der Waals surface area contributed by atoms with E-state index in [0.29, 0.717) is 25.3 Å². The molecule has 0 radical (unpaired) electrons. The Balaban J connectivity index is 2.03. The third-order valence-electron chi connectivity index (χ3n) is 4.44. The van der Waals surface area contributed by atoms with Crippen molar-refractivity contribution in [3.8, 4) is 0 Å². The molecule has 6 nitrogen and oxygen atoms in total. The molecule has 0 saturated carbocycles. The lowest BCUT2D eigenvalue weighted by atomic mass is 10.1. The number of aryl methyl sites for hydroxylation is 1. The monoisotopic (exact) mass is 423 g/mol. The Morgan fingerprint density at radius 1 is 1.11 bits per heavy atom. The first kappa shape index (κ1) is 22.2. The number of halogens is 1. The average Bonchev–Trinajstić information content (AvgIpc) is 2.67. The lowest BCUT2D eigenvalue weighted by Crippen LogP contribution is -2.31. The van der Waals surface area contributed by atoms with Crippen molar-refractivity contribution in [1.82, 2.24) is 9.62 Å². The van der Waals surface area contributed by atoms with Crippen LogP contribution in [0.1, 0.15) is 25.0 Å². The van der Waals surface area contributed by atoms with Crippen molar-refractivity contribution in [1.29, 1.82) is 0 Å². The van der Waals surface area contributed by atoms with E-state index in [1.54, 1.807) is 19.9 Å². The van der Waals surface area contributed by atoms with E-state index in [1.807, 2.05) is 31.2 Å². The SMILES string of the molecule is CCN(CC)S(=O)(=O)c1cc(NCC(=O)NCc2ccccc2C)ccc1Cl. The summed E-state index contributed by atoms with van der Waals surface area (Å²) in [5, 5.41) is 5.96. The molecule has 1 amide bonds. The van der Waals surface area contributed by atoms with Crippen LogP contribution in [-0.2, 0) is 21.4 Å². The van der Waals surface area contributed by atoms with E-state index in [-0.39, 0.29) is 22.4 Å². The standard InChI is InChI=1S/C20H26ClN3O3S/c1-4-24(5-2)28(26,27)19-12-17(10-11-18(19)21)22-14-20(25)23-13-16-9-7-6-8-15(16)3/h6-12,22H,4-5,13-14H2,1-3H3,(H,23,25). The van der Waals surface area contributed by atoms with Crippen LogP contribution in [0, 0.1) is 6.92 Å². The highest BCUT2D eigenvalue weighted by Crippen LogP contribution is 2.27. The molecule has 0 saturated heterocycles. The molecule has 0 bridgehead atoms. The zero-order valence-corrected chi connectivity index (χ0v) is 17.9. The summed E-state index contributed by atoms with van der Waals surface area (Å²) in [6.07, 6.45) is 0. The van der Waals surface area contributed by atoms with Crippen LogP contribution in [0.15, 0.2) is 47.4 Å². The summed E-state index contributed by atoms with van der Waals surface area (Å²) >= 11 is 6.12. The summed E-state index contributed by atoms with van der Waals surface area (Å²) in [6, 6.07) is 12.5. The summed E-state index contributed by atoms with van der Waals surface area (Å²) in [5.41, 5.74) is 2.68. The molecule has 0 heterocycles. The van der Waals surface area contributed by atoms with Crippen molar-refractivity contribution in [2.45, 2.75) is 32.2 Å². The molecule has 152 valence electrons. The van der Waals surface area contributed by atoms with E-state index in [0.717, 1.165) is 11.1 Å². The molecule has 2 N–H and O–H groups in total. The molecule has 8 heteroatoms. The fourth-order valence-corrected chi connectivity index (χ4v) is 4.72. The summed E-state index contributed by atoms with van der Waals surface area (Å²) in [5.74, 6) is -0.189. The van der Waals surface area contributed by atoms with Crippen LogP contribution in [0.5, 0.6) is 0 Å². The van der Waals surface area contributed by atoms with Gasteiger partial charge in [-0.3, -0.25) is 4.79 Å². The van der Waals surface area contributed by atoms with Crippen molar-refractivity contribution in [3.05, 3.63) is 58.6 Å². The van der Waals surface area contributed by atoms with Gasteiger partial charge in [0.05, 0.1) is 11.6 Å². The maximum absolute atomic E-state index is 12.7. The van der Waals surface area contributed by atoms with E-state index in [2.05, 4.69) is 10.6 Å². The second-order valence-corrected chi connectivity index (χ2v) is 8.60. The predicted octanol–water partition coefficient (Wildman–Crippen LogP) is 3.41. The highest BCUT2D eigenvalue weighted by molar-refractivity contribution is 7.89. The van der Waals surface area contributed by atoms with Crippen molar-refractivity contribution < 1.29 is 13.2 Å². The second kappa shape index (κ2) is 9.91. The highest BCUT2D eigenvalue weighted by atomic mass is 35.5. The van der Waals surface area contributed by atoms with Crippen LogP contribution in [0.25, 0.3) is 0 Å². The molecule has 0 fully saturated rings. The molecule has 2 aromatic carbocycles. The summed E-state index contributed by atoms with van der Waals surface area (Å²) in [4.78, 5) is 12.2. The van der Waals surface area contributed by atoms with Gasteiger partial charge in [0, 0.05) is 25.3 Å². The number of benzene rings is 2. The smallest absolute Gasteiger partial charge is 0.244 e. The number of hydrogen-bond acceptors (Lipinski definition) is 4. The lowest BCUT2D eigenvalue weighted by molar-refractivity contribution is -0.119. The second-order valence-electron chi connectivity index (χ2n) is 6.29. The predicted molar refractivity (Wildman–Crippen MR) is 113 cm³/mol. The molecule has 0 aromatic heterocycles. The number of nitrogens with zero attached hydrogens (tertiary/aromatic N) is 1. The van der Waals surface area contributed by atoms with Gasteiger partial charge < -0.3 is 10.6 Å². The number of amides is 1. The van der Waals surface area contributed by atoms with Gasteiger partial charge in [-0.25, -0.2) is 8.42 Å². The van der Waals surface area contributed by atoms with E-state index in [1.165, 1.54) is 16.4 Å². The molecule has 0 spiro atoms. The zero-order chi connectivity index (χ0) is 20.7. The molecule has 2 rings (SSSR count). The maximum atomic E-state index is 12.7. The molecule has 0 aliphatic heterocycles. The Labute approximate surface area is 171 Å². The number of hydrogen-bond donors (Lipinski definition) is 2. The van der Waals surface area contributed by atoms with Crippen LogP contribution in [0.2, 0.25) is 5.02 Å². The molecule has 0 aliphatic carbocycles. The number of carbonyl (C=O) groups excluding carboxylic acids is 1. The summed E-state index contributed by atoms with van der Waals surface area (Å²) < 4.78 is 26.8. The summed E-state index contributed by atoms with van der Waals surface area (Å²) in [6.45, 7) is 6.72. The fraction of sp³-hybridized carbons (Fsp3) is 0.350. The first-order valence-corrected chi connectivity index (χ1v) is 11.0. The molecular formula is C20H26ClN3O3S. The van der Waals surface area contributed by atoms with E-state index in [9.17, 15) is 13.2 Å². The van der Waals surface area contributed by atoms with Gasteiger partial charge in [0.2, 0.25) is 15.9 Å². The van der Waals surface area contributed by atoms with Gasteiger partial charge in [0.25, 0.3) is 0 Å². The normalized spacial score (nSPS) is 11.5. The Morgan fingerprint density at radius 3 is 2.43 bits per heavy atom. The van der Waals surface area contributed by atoms with Crippen molar-refractivity contribution in [3.63, 3.8) is 0 Å². The van der Waals surface area contributed by atoms with Crippen LogP contribution < -0.4 is 10.6 Å². The first-order chi connectivity index (χ1) is 13.3. The number of sulfonamides is 1. The topological polar surface area (TPSA) is 78.5 Å². The summed E-state index contributed by atoms with van der Waals surface area (Å²) in [7, 11) is -3.68. The Morgan fingerprint density at radius 2 is 1.79 bits per heavy atom. The van der Waals surface area contributed by atoms with E-state index in [4.69, 9.17) is 11.6 Å². The zero-order valence-electron chi connectivity index (χ0n) is 16.3. The largest absolute Gasteiger partial charge is 0.376 e. The molecule has 28 heavy (non-hydrogen) atoms. The first-order valence-electron chi connectivity index (χ1n) is 9.14. The van der Waals surface area contributed by atoms with Gasteiger partial charge in [0.15, 0.2) is 0 Å². The van der Waals surface area contributed by atoms with Gasteiger partial charge in [-0.15, -0.1) is 0 Å². The quantitative estimate of drug-likeness (QED) is 0.647. The van der Waals surface area contributed by atoms with Crippen LogP contribution in [0.4, 0.5) is 5.69 Å². The van der Waals surface area contributed by atoms with Gasteiger partial charge in [-0.2, -0.15) is 4.31 Å².